The lowest BCUT2D eigenvalue weighted by molar-refractivity contribution is 0.241. The molecule has 2 aromatic carbocycles. The van der Waals surface area contributed by atoms with Crippen LogP contribution in [0.1, 0.15) is 54.5 Å². The SMILES string of the molecule is Cc1ccc(C(c2ccc(C(C)C)cc2)N2CCCNCC2)cc1. The smallest absolute Gasteiger partial charge is 0.0602 e. The lowest BCUT2D eigenvalue weighted by Crippen LogP contribution is -2.33. The Kier molecular flexibility index (Phi) is 5.70. The second-order valence-corrected chi connectivity index (χ2v) is 7.27. The van der Waals surface area contributed by atoms with E-state index >= 15 is 0 Å². The van der Waals surface area contributed by atoms with Gasteiger partial charge in [0.25, 0.3) is 0 Å². The van der Waals surface area contributed by atoms with E-state index in [2.05, 4.69) is 79.5 Å². The van der Waals surface area contributed by atoms with Crippen molar-refractivity contribution in [3.63, 3.8) is 0 Å². The van der Waals surface area contributed by atoms with Crippen molar-refractivity contribution in [3.05, 3.63) is 70.8 Å². The normalized spacial score (nSPS) is 17.7. The molecule has 2 aromatic rings. The summed E-state index contributed by atoms with van der Waals surface area (Å²) in [5, 5.41) is 3.53. The Bertz CT molecular complexity index is 620. The average molecular weight is 322 g/mol. The Morgan fingerprint density at radius 1 is 0.792 bits per heavy atom. The Hall–Kier alpha value is -1.64. The first-order valence-corrected chi connectivity index (χ1v) is 9.26. The standard InChI is InChI=1S/C22H30N2/c1-17(2)19-9-11-21(12-10-19)22(20-7-5-18(3)6-8-20)24-15-4-13-23-14-16-24/h5-12,17,22-23H,4,13-16H2,1-3H3. The van der Waals surface area contributed by atoms with Crippen molar-refractivity contribution >= 4 is 0 Å². The van der Waals surface area contributed by atoms with E-state index in [1.165, 1.54) is 28.7 Å². The monoisotopic (exact) mass is 322 g/mol. The summed E-state index contributed by atoms with van der Waals surface area (Å²) in [5.41, 5.74) is 5.55. The molecule has 1 fully saturated rings. The molecule has 1 N–H and O–H groups in total. The lowest BCUT2D eigenvalue weighted by atomic mass is 9.93. The summed E-state index contributed by atoms with van der Waals surface area (Å²) in [6.45, 7) is 11.1. The highest BCUT2D eigenvalue weighted by Crippen LogP contribution is 2.30. The van der Waals surface area contributed by atoms with Crippen LogP contribution in [-0.2, 0) is 0 Å². The van der Waals surface area contributed by atoms with Crippen LogP contribution < -0.4 is 5.32 Å². The van der Waals surface area contributed by atoms with Crippen molar-refractivity contribution in [1.29, 1.82) is 0 Å². The van der Waals surface area contributed by atoms with Gasteiger partial charge in [0, 0.05) is 19.6 Å². The fraction of sp³-hybridized carbons (Fsp3) is 0.455. The van der Waals surface area contributed by atoms with E-state index in [1.807, 2.05) is 0 Å². The molecule has 3 rings (SSSR count). The van der Waals surface area contributed by atoms with Gasteiger partial charge in [0.15, 0.2) is 0 Å². The molecule has 128 valence electrons. The molecule has 24 heavy (non-hydrogen) atoms. The predicted molar refractivity (Wildman–Crippen MR) is 103 cm³/mol. The molecule has 0 radical (unpaired) electrons. The fourth-order valence-corrected chi connectivity index (χ4v) is 3.55. The van der Waals surface area contributed by atoms with Gasteiger partial charge in [-0.25, -0.2) is 0 Å². The van der Waals surface area contributed by atoms with E-state index in [4.69, 9.17) is 0 Å². The topological polar surface area (TPSA) is 15.3 Å². The molecule has 1 aliphatic heterocycles. The second-order valence-electron chi connectivity index (χ2n) is 7.27. The number of nitrogens with zero attached hydrogens (tertiary/aromatic N) is 1. The Labute approximate surface area is 146 Å². The van der Waals surface area contributed by atoms with Gasteiger partial charge in [0.2, 0.25) is 0 Å². The summed E-state index contributed by atoms with van der Waals surface area (Å²) in [6, 6.07) is 18.7. The van der Waals surface area contributed by atoms with Crippen LogP contribution in [0.5, 0.6) is 0 Å². The van der Waals surface area contributed by atoms with Crippen LogP contribution >= 0.6 is 0 Å². The number of hydrogen-bond acceptors (Lipinski definition) is 2. The number of nitrogens with one attached hydrogen (secondary N) is 1. The van der Waals surface area contributed by atoms with Crippen LogP contribution in [0.25, 0.3) is 0 Å². The van der Waals surface area contributed by atoms with Gasteiger partial charge in [0.05, 0.1) is 6.04 Å². The van der Waals surface area contributed by atoms with Crippen LogP contribution in [0.4, 0.5) is 0 Å². The lowest BCUT2D eigenvalue weighted by Gasteiger charge is -2.31. The molecule has 1 unspecified atom stereocenters. The van der Waals surface area contributed by atoms with Crippen LogP contribution in [0.15, 0.2) is 48.5 Å². The zero-order chi connectivity index (χ0) is 16.9. The molecule has 0 aliphatic carbocycles. The van der Waals surface area contributed by atoms with E-state index in [0.717, 1.165) is 26.2 Å². The van der Waals surface area contributed by atoms with E-state index in [9.17, 15) is 0 Å². The molecule has 0 aromatic heterocycles. The van der Waals surface area contributed by atoms with Crippen LogP contribution in [0, 0.1) is 6.92 Å². The van der Waals surface area contributed by atoms with Crippen molar-refractivity contribution in [3.8, 4) is 0 Å². The minimum Gasteiger partial charge on any atom is -0.315 e. The van der Waals surface area contributed by atoms with Gasteiger partial charge < -0.3 is 5.32 Å². The molecule has 0 bridgehead atoms. The summed E-state index contributed by atoms with van der Waals surface area (Å²) in [4.78, 5) is 2.63. The van der Waals surface area contributed by atoms with Crippen LogP contribution in [-0.4, -0.2) is 31.1 Å². The van der Waals surface area contributed by atoms with Gasteiger partial charge in [-0.2, -0.15) is 0 Å². The molecule has 1 saturated heterocycles. The zero-order valence-electron chi connectivity index (χ0n) is 15.3. The summed E-state index contributed by atoms with van der Waals surface area (Å²) < 4.78 is 0. The van der Waals surface area contributed by atoms with E-state index in [-0.39, 0.29) is 0 Å². The highest BCUT2D eigenvalue weighted by molar-refractivity contribution is 5.35. The van der Waals surface area contributed by atoms with E-state index < -0.39 is 0 Å². The van der Waals surface area contributed by atoms with Crippen LogP contribution in [0.3, 0.4) is 0 Å². The maximum Gasteiger partial charge on any atom is 0.0602 e. The second kappa shape index (κ2) is 7.96. The average Bonchev–Trinajstić information content (AvgIpc) is 2.87. The first kappa shape index (κ1) is 17.2. The van der Waals surface area contributed by atoms with Crippen LogP contribution in [0.2, 0.25) is 0 Å². The molecule has 1 atom stereocenters. The number of aryl methyl sites for hydroxylation is 1. The minimum atomic E-state index is 0.353. The Balaban J connectivity index is 1.95. The molecule has 0 amide bonds. The van der Waals surface area contributed by atoms with Gasteiger partial charge in [-0.05, 0) is 42.5 Å². The van der Waals surface area contributed by atoms with Crippen molar-refractivity contribution in [2.75, 3.05) is 26.2 Å². The van der Waals surface area contributed by atoms with Gasteiger partial charge in [-0.15, -0.1) is 0 Å². The summed E-state index contributed by atoms with van der Waals surface area (Å²) >= 11 is 0. The highest BCUT2D eigenvalue weighted by atomic mass is 15.2. The van der Waals surface area contributed by atoms with Gasteiger partial charge in [0.1, 0.15) is 0 Å². The molecule has 1 aliphatic rings. The Morgan fingerprint density at radius 2 is 1.38 bits per heavy atom. The largest absolute Gasteiger partial charge is 0.315 e. The van der Waals surface area contributed by atoms with Crippen molar-refractivity contribution in [2.45, 2.75) is 39.2 Å². The zero-order valence-corrected chi connectivity index (χ0v) is 15.3. The number of benzene rings is 2. The predicted octanol–water partition coefficient (Wildman–Crippen LogP) is 4.50. The molecular weight excluding hydrogens is 292 g/mol. The molecule has 0 saturated carbocycles. The molecule has 2 heteroatoms. The minimum absolute atomic E-state index is 0.353. The maximum atomic E-state index is 3.53. The third-order valence-corrected chi connectivity index (χ3v) is 5.05. The molecular formula is C22H30N2. The summed E-state index contributed by atoms with van der Waals surface area (Å²) in [6.07, 6.45) is 1.21. The quantitative estimate of drug-likeness (QED) is 0.891. The maximum absolute atomic E-state index is 3.53. The highest BCUT2D eigenvalue weighted by Gasteiger charge is 2.23. The third-order valence-electron chi connectivity index (χ3n) is 5.05. The Morgan fingerprint density at radius 3 is 2.00 bits per heavy atom. The molecule has 0 spiro atoms. The third kappa shape index (κ3) is 4.06. The number of rotatable bonds is 4. The van der Waals surface area contributed by atoms with Crippen molar-refractivity contribution in [2.24, 2.45) is 0 Å². The van der Waals surface area contributed by atoms with Crippen molar-refractivity contribution < 1.29 is 0 Å². The van der Waals surface area contributed by atoms with E-state index in [0.29, 0.717) is 12.0 Å². The van der Waals surface area contributed by atoms with E-state index in [1.54, 1.807) is 0 Å². The number of hydrogen-bond donors (Lipinski definition) is 1. The molecule has 2 nitrogen and oxygen atoms in total. The summed E-state index contributed by atoms with van der Waals surface area (Å²) in [7, 11) is 0. The van der Waals surface area contributed by atoms with Gasteiger partial charge in [-0.3, -0.25) is 4.90 Å². The molecule has 1 heterocycles. The van der Waals surface area contributed by atoms with Gasteiger partial charge >= 0.3 is 0 Å². The fourth-order valence-electron chi connectivity index (χ4n) is 3.55. The first-order chi connectivity index (χ1) is 11.6. The summed E-state index contributed by atoms with van der Waals surface area (Å²) in [5.74, 6) is 0.583. The van der Waals surface area contributed by atoms with Gasteiger partial charge in [-0.1, -0.05) is 67.9 Å². The van der Waals surface area contributed by atoms with Crippen molar-refractivity contribution in [1.82, 2.24) is 10.2 Å². The first-order valence-electron chi connectivity index (χ1n) is 9.26.